The lowest BCUT2D eigenvalue weighted by Gasteiger charge is -2.25. The third kappa shape index (κ3) is 12.5. The zero-order valence-electron chi connectivity index (χ0n) is 19.3. The van der Waals surface area contributed by atoms with Crippen LogP contribution in [0.15, 0.2) is 4.99 Å². The Morgan fingerprint density at radius 2 is 1.41 bits per heavy atom. The molecule has 0 bridgehead atoms. The lowest BCUT2D eigenvalue weighted by atomic mass is 10.0. The Bertz CT molecular complexity index is 755. The number of hydrogen-bond acceptors (Lipinski definition) is 8. The van der Waals surface area contributed by atoms with E-state index >= 15 is 0 Å². The van der Waals surface area contributed by atoms with Gasteiger partial charge < -0.3 is 49.1 Å². The standard InChI is InChI=1S/C19H36N8O7/c1-9(2)6-12(26-15(30)10(20)8-28)16(31)27-13(7-14(21)29)17(32)25-11(18(33)34)4-3-5-24-19(22)23/h9-13,28H,3-8,20H2,1-2H3,(H2,21,29)(H,25,32)(H,26,30)(H,27,31)(H,33,34)(H4,22,23,24). The second-order valence-corrected chi connectivity index (χ2v) is 8.06. The summed E-state index contributed by atoms with van der Waals surface area (Å²) in [6.45, 7) is 3.06. The third-order valence-corrected chi connectivity index (χ3v) is 4.47. The van der Waals surface area contributed by atoms with Gasteiger partial charge in [0.15, 0.2) is 5.96 Å². The number of aliphatic imine (C=N–C) groups is 1. The van der Waals surface area contributed by atoms with Gasteiger partial charge in [0.1, 0.15) is 24.2 Å². The molecule has 4 unspecified atom stereocenters. The van der Waals surface area contributed by atoms with Crippen LogP contribution in [0.2, 0.25) is 0 Å². The van der Waals surface area contributed by atoms with Gasteiger partial charge in [-0.3, -0.25) is 24.2 Å². The van der Waals surface area contributed by atoms with Gasteiger partial charge in [0.05, 0.1) is 13.0 Å². The number of hydrogen-bond donors (Lipinski definition) is 9. The number of carboxylic acid groups (broad SMARTS) is 1. The van der Waals surface area contributed by atoms with Crippen LogP contribution in [0.5, 0.6) is 0 Å². The smallest absolute Gasteiger partial charge is 0.326 e. The Hall–Kier alpha value is -3.46. The molecule has 0 heterocycles. The third-order valence-electron chi connectivity index (χ3n) is 4.47. The largest absolute Gasteiger partial charge is 0.480 e. The Morgan fingerprint density at radius 3 is 1.88 bits per heavy atom. The van der Waals surface area contributed by atoms with Crippen LogP contribution in [0.1, 0.15) is 39.5 Å². The van der Waals surface area contributed by atoms with Crippen LogP contribution in [-0.4, -0.2) is 83.1 Å². The van der Waals surface area contributed by atoms with Gasteiger partial charge in [-0.05, 0) is 25.2 Å². The fourth-order valence-corrected chi connectivity index (χ4v) is 2.78. The molecule has 0 aromatic rings. The second-order valence-electron chi connectivity index (χ2n) is 8.06. The maximum absolute atomic E-state index is 12.8. The first-order valence-corrected chi connectivity index (χ1v) is 10.6. The Morgan fingerprint density at radius 1 is 0.882 bits per heavy atom. The lowest BCUT2D eigenvalue weighted by molar-refractivity contribution is -0.142. The first kappa shape index (κ1) is 30.5. The molecular formula is C19H36N8O7. The molecule has 194 valence electrons. The molecule has 0 aromatic heterocycles. The Kier molecular flexibility index (Phi) is 13.8. The molecule has 34 heavy (non-hydrogen) atoms. The van der Waals surface area contributed by atoms with E-state index in [0.29, 0.717) is 0 Å². The normalized spacial score (nSPS) is 14.3. The number of guanidine groups is 1. The van der Waals surface area contributed by atoms with E-state index in [1.54, 1.807) is 13.8 Å². The van der Waals surface area contributed by atoms with Gasteiger partial charge in [0, 0.05) is 6.54 Å². The Labute approximate surface area is 197 Å². The lowest BCUT2D eigenvalue weighted by Crippen LogP contribution is -2.58. The molecule has 15 heteroatoms. The summed E-state index contributed by atoms with van der Waals surface area (Å²) in [6, 6.07) is -5.24. The fraction of sp³-hybridized carbons (Fsp3) is 0.684. The van der Waals surface area contributed by atoms with Crippen molar-refractivity contribution >= 4 is 35.6 Å². The van der Waals surface area contributed by atoms with E-state index < -0.39 is 66.8 Å². The summed E-state index contributed by atoms with van der Waals surface area (Å²) in [5.41, 5.74) is 21.1. The predicted octanol–water partition coefficient (Wildman–Crippen LogP) is -4.18. The molecule has 15 nitrogen and oxygen atoms in total. The summed E-state index contributed by atoms with van der Waals surface area (Å²) >= 11 is 0. The van der Waals surface area contributed by atoms with Crippen LogP contribution in [0, 0.1) is 5.92 Å². The highest BCUT2D eigenvalue weighted by Gasteiger charge is 2.31. The average Bonchev–Trinajstić information content (AvgIpc) is 2.72. The summed E-state index contributed by atoms with van der Waals surface area (Å²) in [6.07, 6.45) is -0.255. The molecule has 0 radical (unpaired) electrons. The van der Waals surface area contributed by atoms with Crippen LogP contribution >= 0.6 is 0 Å². The van der Waals surface area contributed by atoms with Crippen LogP contribution in [0.25, 0.3) is 0 Å². The minimum absolute atomic E-state index is 0.0276. The van der Waals surface area contributed by atoms with Crippen LogP contribution in [0.4, 0.5) is 0 Å². The molecule has 0 aliphatic heterocycles. The molecule has 13 N–H and O–H groups in total. The molecule has 0 spiro atoms. The van der Waals surface area contributed by atoms with Crippen LogP contribution < -0.4 is 38.9 Å². The van der Waals surface area contributed by atoms with E-state index in [4.69, 9.17) is 28.0 Å². The molecule has 0 aromatic carbocycles. The van der Waals surface area contributed by atoms with Gasteiger partial charge in [-0.15, -0.1) is 0 Å². The number of nitrogens with one attached hydrogen (secondary N) is 3. The van der Waals surface area contributed by atoms with Gasteiger partial charge in [0.2, 0.25) is 23.6 Å². The van der Waals surface area contributed by atoms with Crippen molar-refractivity contribution in [2.45, 2.75) is 63.7 Å². The summed E-state index contributed by atoms with van der Waals surface area (Å²) in [4.78, 5) is 64.2. The van der Waals surface area contributed by atoms with E-state index in [9.17, 15) is 29.1 Å². The van der Waals surface area contributed by atoms with Gasteiger partial charge >= 0.3 is 5.97 Å². The highest BCUT2D eigenvalue weighted by atomic mass is 16.4. The monoisotopic (exact) mass is 488 g/mol. The van der Waals surface area contributed by atoms with Crippen molar-refractivity contribution in [3.8, 4) is 0 Å². The zero-order valence-corrected chi connectivity index (χ0v) is 19.3. The zero-order chi connectivity index (χ0) is 26.4. The number of nitrogens with two attached hydrogens (primary N) is 4. The van der Waals surface area contributed by atoms with Gasteiger partial charge in [0.25, 0.3) is 0 Å². The minimum atomic E-state index is -1.50. The molecular weight excluding hydrogens is 452 g/mol. The van der Waals surface area contributed by atoms with E-state index in [0.717, 1.165) is 0 Å². The van der Waals surface area contributed by atoms with E-state index in [-0.39, 0.29) is 37.7 Å². The number of amides is 4. The van der Waals surface area contributed by atoms with Crippen LogP contribution in [0.3, 0.4) is 0 Å². The molecule has 0 saturated heterocycles. The number of aliphatic carboxylic acids is 1. The van der Waals surface area contributed by atoms with Crippen molar-refractivity contribution in [2.75, 3.05) is 13.2 Å². The van der Waals surface area contributed by atoms with Crippen molar-refractivity contribution in [1.29, 1.82) is 0 Å². The predicted molar refractivity (Wildman–Crippen MR) is 122 cm³/mol. The maximum Gasteiger partial charge on any atom is 0.326 e. The summed E-state index contributed by atoms with van der Waals surface area (Å²) in [7, 11) is 0. The number of carbonyl (C=O) groups is 5. The topological polar surface area (TPSA) is 278 Å². The van der Waals surface area contributed by atoms with Crippen molar-refractivity contribution < 1.29 is 34.2 Å². The molecule has 4 amide bonds. The number of primary amides is 1. The summed E-state index contributed by atoms with van der Waals surface area (Å²) in [5, 5.41) is 25.4. The number of rotatable bonds is 16. The number of carboxylic acids is 1. The highest BCUT2D eigenvalue weighted by molar-refractivity contribution is 5.96. The first-order chi connectivity index (χ1) is 15.8. The summed E-state index contributed by atoms with van der Waals surface area (Å²) in [5.74, 6) is -5.05. The number of carbonyl (C=O) groups excluding carboxylic acids is 4. The van der Waals surface area contributed by atoms with Crippen molar-refractivity contribution in [2.24, 2.45) is 33.8 Å². The van der Waals surface area contributed by atoms with Gasteiger partial charge in [-0.25, -0.2) is 4.79 Å². The van der Waals surface area contributed by atoms with Crippen molar-refractivity contribution in [3.05, 3.63) is 0 Å². The SMILES string of the molecule is CC(C)CC(NC(=O)C(N)CO)C(=O)NC(CC(N)=O)C(=O)NC(CCCN=C(N)N)C(=O)O. The van der Waals surface area contributed by atoms with Crippen LogP contribution in [-0.2, 0) is 24.0 Å². The average molecular weight is 489 g/mol. The molecule has 4 atom stereocenters. The second kappa shape index (κ2) is 15.4. The number of nitrogens with zero attached hydrogens (tertiary/aromatic N) is 1. The van der Waals surface area contributed by atoms with E-state index in [1.807, 2.05) is 0 Å². The first-order valence-electron chi connectivity index (χ1n) is 10.6. The molecule has 0 saturated carbocycles. The minimum Gasteiger partial charge on any atom is -0.480 e. The highest BCUT2D eigenvalue weighted by Crippen LogP contribution is 2.07. The van der Waals surface area contributed by atoms with Gasteiger partial charge in [-0.2, -0.15) is 0 Å². The maximum atomic E-state index is 12.8. The quantitative estimate of drug-likeness (QED) is 0.0573. The van der Waals surface area contributed by atoms with Crippen molar-refractivity contribution in [3.63, 3.8) is 0 Å². The molecule has 0 aliphatic carbocycles. The van der Waals surface area contributed by atoms with Crippen molar-refractivity contribution in [1.82, 2.24) is 16.0 Å². The summed E-state index contributed by atoms with van der Waals surface area (Å²) < 4.78 is 0. The Balaban J connectivity index is 5.43. The molecule has 0 aliphatic rings. The van der Waals surface area contributed by atoms with E-state index in [2.05, 4.69) is 20.9 Å². The number of aliphatic hydroxyl groups excluding tert-OH is 1. The molecule has 0 fully saturated rings. The van der Waals surface area contributed by atoms with Gasteiger partial charge in [-0.1, -0.05) is 13.8 Å². The number of aliphatic hydroxyl groups is 1. The molecule has 0 rings (SSSR count). The van der Waals surface area contributed by atoms with E-state index in [1.165, 1.54) is 0 Å². The fourth-order valence-electron chi connectivity index (χ4n) is 2.78.